The highest BCUT2D eigenvalue weighted by molar-refractivity contribution is 4.75. The third kappa shape index (κ3) is 4.66. The fourth-order valence-corrected chi connectivity index (χ4v) is 2.15. The van der Waals surface area contributed by atoms with E-state index in [0.29, 0.717) is 0 Å². The quantitative estimate of drug-likeness (QED) is 0.701. The summed E-state index contributed by atoms with van der Waals surface area (Å²) >= 11 is 0. The molecule has 0 spiro atoms. The first-order valence-electron chi connectivity index (χ1n) is 5.94. The first-order valence-corrected chi connectivity index (χ1v) is 5.94. The lowest BCUT2D eigenvalue weighted by Crippen LogP contribution is -2.24. The smallest absolute Gasteiger partial charge is 0.00488 e. The van der Waals surface area contributed by atoms with Crippen LogP contribution in [-0.4, -0.2) is 6.54 Å². The van der Waals surface area contributed by atoms with E-state index in [1.165, 1.54) is 25.7 Å². The van der Waals surface area contributed by atoms with Gasteiger partial charge in [-0.1, -0.05) is 40.5 Å². The molecule has 2 atom stereocenters. The van der Waals surface area contributed by atoms with Gasteiger partial charge in [0.05, 0.1) is 0 Å². The van der Waals surface area contributed by atoms with E-state index in [1.54, 1.807) is 0 Å². The number of rotatable bonds is 2. The zero-order chi connectivity index (χ0) is 10.3. The molecule has 0 bridgehead atoms. The molecule has 0 amide bonds. The molecule has 0 radical (unpaired) electrons. The van der Waals surface area contributed by atoms with Crippen molar-refractivity contribution < 1.29 is 0 Å². The Bertz CT molecular complexity index is 110. The van der Waals surface area contributed by atoms with Crippen LogP contribution in [0.5, 0.6) is 0 Å². The van der Waals surface area contributed by atoms with Crippen LogP contribution in [0.4, 0.5) is 0 Å². The van der Waals surface area contributed by atoms with Crippen LogP contribution in [0.15, 0.2) is 0 Å². The molecule has 1 heteroatoms. The topological polar surface area (TPSA) is 26.0 Å². The van der Waals surface area contributed by atoms with Gasteiger partial charge in [0.2, 0.25) is 0 Å². The van der Waals surface area contributed by atoms with Gasteiger partial charge >= 0.3 is 0 Å². The van der Waals surface area contributed by atoms with Crippen LogP contribution in [0, 0.1) is 17.8 Å². The molecule has 0 aliphatic heterocycles. The van der Waals surface area contributed by atoms with Crippen LogP contribution in [-0.2, 0) is 0 Å². The zero-order valence-electron chi connectivity index (χ0n) is 9.84. The monoisotopic (exact) mass is 185 g/mol. The molecule has 2 unspecified atom stereocenters. The average Bonchev–Trinajstić information content (AvgIpc) is 2.21. The van der Waals surface area contributed by atoms with Crippen LogP contribution >= 0.6 is 0 Å². The summed E-state index contributed by atoms with van der Waals surface area (Å²) in [6.45, 7) is 9.58. The van der Waals surface area contributed by atoms with E-state index in [-0.39, 0.29) is 0 Å². The Hall–Kier alpha value is -0.0400. The maximum Gasteiger partial charge on any atom is -0.00488 e. The second kappa shape index (κ2) is 7.37. The van der Waals surface area contributed by atoms with Crippen molar-refractivity contribution in [3.05, 3.63) is 0 Å². The predicted molar refractivity (Wildman–Crippen MR) is 60.7 cm³/mol. The Morgan fingerprint density at radius 2 is 1.85 bits per heavy atom. The lowest BCUT2D eigenvalue weighted by molar-refractivity contribution is 0.219. The Labute approximate surface area is 84.1 Å². The Kier molecular flexibility index (Phi) is 7.35. The minimum Gasteiger partial charge on any atom is -0.330 e. The number of nitrogens with two attached hydrogens (primary N) is 1. The van der Waals surface area contributed by atoms with Gasteiger partial charge in [0, 0.05) is 0 Å². The summed E-state index contributed by atoms with van der Waals surface area (Å²) in [5.41, 5.74) is 5.67. The molecule has 1 nitrogen and oxygen atoms in total. The van der Waals surface area contributed by atoms with Crippen molar-refractivity contribution in [1.29, 1.82) is 0 Å². The molecular weight excluding hydrogens is 158 g/mol. The minimum absolute atomic E-state index is 0.830. The largest absolute Gasteiger partial charge is 0.330 e. The lowest BCUT2D eigenvalue weighted by atomic mass is 9.76. The highest BCUT2D eigenvalue weighted by Gasteiger charge is 2.22. The van der Waals surface area contributed by atoms with Crippen LogP contribution < -0.4 is 5.73 Å². The van der Waals surface area contributed by atoms with Gasteiger partial charge in [-0.3, -0.25) is 0 Å². The van der Waals surface area contributed by atoms with Crippen molar-refractivity contribution in [2.45, 2.75) is 53.4 Å². The van der Waals surface area contributed by atoms with Crippen LogP contribution in [0.3, 0.4) is 0 Å². The van der Waals surface area contributed by atoms with E-state index in [9.17, 15) is 0 Å². The molecule has 1 rings (SSSR count). The summed E-state index contributed by atoms with van der Waals surface area (Å²) in [4.78, 5) is 0. The second-order valence-electron chi connectivity index (χ2n) is 4.27. The SMILES string of the molecule is CC.CC(C)C1CCCC(CN)C1. The normalized spacial score (nSPS) is 28.2. The van der Waals surface area contributed by atoms with E-state index in [4.69, 9.17) is 5.73 Å². The van der Waals surface area contributed by atoms with E-state index in [0.717, 1.165) is 24.3 Å². The van der Waals surface area contributed by atoms with E-state index in [1.807, 2.05) is 13.8 Å². The van der Waals surface area contributed by atoms with Crippen LogP contribution in [0.25, 0.3) is 0 Å². The van der Waals surface area contributed by atoms with E-state index < -0.39 is 0 Å². The summed E-state index contributed by atoms with van der Waals surface area (Å²) < 4.78 is 0. The van der Waals surface area contributed by atoms with Crippen LogP contribution in [0.2, 0.25) is 0 Å². The van der Waals surface area contributed by atoms with Crippen molar-refractivity contribution >= 4 is 0 Å². The minimum atomic E-state index is 0.830. The van der Waals surface area contributed by atoms with Gasteiger partial charge in [0.25, 0.3) is 0 Å². The predicted octanol–water partition coefficient (Wildman–Crippen LogP) is 3.43. The zero-order valence-corrected chi connectivity index (χ0v) is 9.84. The van der Waals surface area contributed by atoms with Gasteiger partial charge in [-0.2, -0.15) is 0 Å². The third-order valence-electron chi connectivity index (χ3n) is 3.10. The molecule has 1 aliphatic rings. The fraction of sp³-hybridized carbons (Fsp3) is 1.00. The Balaban J connectivity index is 0.000000671. The molecule has 1 fully saturated rings. The van der Waals surface area contributed by atoms with Crippen molar-refractivity contribution in [2.24, 2.45) is 23.5 Å². The van der Waals surface area contributed by atoms with Crippen molar-refractivity contribution in [3.8, 4) is 0 Å². The Morgan fingerprint density at radius 3 is 2.31 bits per heavy atom. The first-order chi connectivity index (χ1) is 6.24. The van der Waals surface area contributed by atoms with E-state index in [2.05, 4.69) is 13.8 Å². The summed E-state index contributed by atoms with van der Waals surface area (Å²) in [5.74, 6) is 2.65. The fourth-order valence-electron chi connectivity index (χ4n) is 2.15. The summed E-state index contributed by atoms with van der Waals surface area (Å²) in [5, 5.41) is 0. The van der Waals surface area contributed by atoms with E-state index >= 15 is 0 Å². The number of hydrogen-bond donors (Lipinski definition) is 1. The average molecular weight is 185 g/mol. The molecule has 0 aromatic carbocycles. The highest BCUT2D eigenvalue weighted by Crippen LogP contribution is 2.32. The molecule has 0 saturated heterocycles. The molecule has 1 saturated carbocycles. The lowest BCUT2D eigenvalue weighted by Gasteiger charge is -2.30. The van der Waals surface area contributed by atoms with Crippen molar-refractivity contribution in [2.75, 3.05) is 6.54 Å². The Morgan fingerprint density at radius 1 is 1.23 bits per heavy atom. The third-order valence-corrected chi connectivity index (χ3v) is 3.10. The van der Waals surface area contributed by atoms with Gasteiger partial charge in [-0.05, 0) is 37.1 Å². The van der Waals surface area contributed by atoms with Crippen molar-refractivity contribution in [3.63, 3.8) is 0 Å². The summed E-state index contributed by atoms with van der Waals surface area (Å²) in [6.07, 6.45) is 5.60. The molecular formula is C12H27N. The second-order valence-corrected chi connectivity index (χ2v) is 4.27. The number of hydrogen-bond acceptors (Lipinski definition) is 1. The molecule has 2 N–H and O–H groups in total. The van der Waals surface area contributed by atoms with Gasteiger partial charge in [-0.15, -0.1) is 0 Å². The maximum absolute atomic E-state index is 5.67. The molecule has 0 aromatic rings. The molecule has 1 aliphatic carbocycles. The van der Waals surface area contributed by atoms with Crippen LogP contribution in [0.1, 0.15) is 53.4 Å². The molecule has 80 valence electrons. The highest BCUT2D eigenvalue weighted by atomic mass is 14.6. The standard InChI is InChI=1S/C10H21N.C2H6/c1-8(2)10-5-3-4-9(6-10)7-11;1-2/h8-10H,3-7,11H2,1-2H3;1-2H3. The van der Waals surface area contributed by atoms with Gasteiger partial charge in [-0.25, -0.2) is 0 Å². The van der Waals surface area contributed by atoms with Gasteiger partial charge in [0.1, 0.15) is 0 Å². The van der Waals surface area contributed by atoms with Gasteiger partial charge < -0.3 is 5.73 Å². The maximum atomic E-state index is 5.67. The van der Waals surface area contributed by atoms with Crippen molar-refractivity contribution in [1.82, 2.24) is 0 Å². The molecule has 0 aromatic heterocycles. The van der Waals surface area contributed by atoms with Gasteiger partial charge in [0.15, 0.2) is 0 Å². The summed E-state index contributed by atoms with van der Waals surface area (Å²) in [7, 11) is 0. The molecule has 0 heterocycles. The molecule has 13 heavy (non-hydrogen) atoms. The summed E-state index contributed by atoms with van der Waals surface area (Å²) in [6, 6.07) is 0. The first kappa shape index (κ1) is 13.0.